The molecule has 35 heavy (non-hydrogen) atoms. The number of amides is 1. The molecule has 0 saturated carbocycles. The topological polar surface area (TPSA) is 108 Å². The molecule has 3 aliphatic rings. The molecule has 3 fully saturated rings. The third-order valence-corrected chi connectivity index (χ3v) is 7.01. The molecule has 11 heteroatoms. The molecule has 1 atom stereocenters. The van der Waals surface area contributed by atoms with Gasteiger partial charge in [0.2, 0.25) is 0 Å². The number of hydrogen-bond donors (Lipinski definition) is 0. The number of carbonyl (C=O) groups excluding carboxylic acids is 1. The summed E-state index contributed by atoms with van der Waals surface area (Å²) < 4.78 is 5.76. The van der Waals surface area contributed by atoms with Gasteiger partial charge < -0.3 is 19.4 Å². The highest BCUT2D eigenvalue weighted by Crippen LogP contribution is 2.21. The van der Waals surface area contributed by atoms with E-state index in [0.717, 1.165) is 51.0 Å². The maximum atomic E-state index is 12.8. The van der Waals surface area contributed by atoms with Crippen LogP contribution < -0.4 is 9.80 Å². The van der Waals surface area contributed by atoms with Crippen LogP contribution in [0.4, 0.5) is 17.3 Å². The summed E-state index contributed by atoms with van der Waals surface area (Å²) in [5.74, 6) is 1.51. The summed E-state index contributed by atoms with van der Waals surface area (Å²) in [5.41, 5.74) is 0.266. The average Bonchev–Trinajstić information content (AvgIpc) is 3.42. The zero-order valence-corrected chi connectivity index (χ0v) is 19.8. The molecule has 1 aromatic carbocycles. The maximum absolute atomic E-state index is 12.8. The lowest BCUT2D eigenvalue weighted by atomic mass is 10.1. The lowest BCUT2D eigenvalue weighted by Gasteiger charge is -2.37. The van der Waals surface area contributed by atoms with Gasteiger partial charge in [-0.15, -0.1) is 10.2 Å². The van der Waals surface area contributed by atoms with Gasteiger partial charge in [0.25, 0.3) is 11.6 Å². The first-order chi connectivity index (χ1) is 17.1. The van der Waals surface area contributed by atoms with Crippen LogP contribution in [0.2, 0.25) is 0 Å². The molecule has 186 valence electrons. The minimum Gasteiger partial charge on any atom is -0.377 e. The number of nitro groups is 1. The van der Waals surface area contributed by atoms with Gasteiger partial charge in [0.15, 0.2) is 11.6 Å². The van der Waals surface area contributed by atoms with Gasteiger partial charge in [-0.05, 0) is 31.0 Å². The van der Waals surface area contributed by atoms with Crippen molar-refractivity contribution in [1.82, 2.24) is 20.0 Å². The molecule has 1 amide bonds. The fraction of sp³-hybridized carbons (Fsp3) is 0.542. The van der Waals surface area contributed by atoms with E-state index >= 15 is 0 Å². The Bertz CT molecular complexity index is 1030. The number of benzene rings is 1. The van der Waals surface area contributed by atoms with E-state index in [9.17, 15) is 14.9 Å². The fourth-order valence-electron chi connectivity index (χ4n) is 4.97. The summed E-state index contributed by atoms with van der Waals surface area (Å²) >= 11 is 0. The Morgan fingerprint density at radius 2 is 1.63 bits per heavy atom. The number of nitrogens with zero attached hydrogens (tertiary/aromatic N) is 7. The molecule has 0 aliphatic carbocycles. The Balaban J connectivity index is 1.11. The van der Waals surface area contributed by atoms with Crippen LogP contribution in [0, 0.1) is 10.1 Å². The van der Waals surface area contributed by atoms with E-state index in [4.69, 9.17) is 4.74 Å². The lowest BCUT2D eigenvalue weighted by Crippen LogP contribution is -2.49. The molecule has 1 unspecified atom stereocenters. The normalized spacial score (nSPS) is 21.4. The van der Waals surface area contributed by atoms with Crippen LogP contribution >= 0.6 is 0 Å². The number of ether oxygens (including phenoxy) is 1. The van der Waals surface area contributed by atoms with Crippen LogP contribution in [-0.4, -0.2) is 102 Å². The van der Waals surface area contributed by atoms with Crippen LogP contribution in [0.15, 0.2) is 36.4 Å². The SMILES string of the molecule is O=C(c1cccc([N+](=O)[O-])c1)N1CCN(c2ccc(N3CCN(CC4CCCO4)CC3)nn2)CC1. The van der Waals surface area contributed by atoms with Gasteiger partial charge in [-0.25, -0.2) is 0 Å². The van der Waals surface area contributed by atoms with E-state index in [1.807, 2.05) is 12.1 Å². The Morgan fingerprint density at radius 3 is 2.20 bits per heavy atom. The molecule has 0 bridgehead atoms. The predicted molar refractivity (Wildman–Crippen MR) is 131 cm³/mol. The number of nitro benzene ring substituents is 1. The van der Waals surface area contributed by atoms with Crippen molar-refractivity contribution >= 4 is 23.2 Å². The standard InChI is InChI=1S/C24H31N7O4/c32-24(19-3-1-4-20(17-19)31(33)34)30-14-12-29(13-15-30)23-7-6-22(25-26-23)28-10-8-27(9-11-28)18-21-5-2-16-35-21/h1,3-4,6-7,17,21H,2,5,8-16,18H2. The highest BCUT2D eigenvalue weighted by atomic mass is 16.6. The third kappa shape index (κ3) is 5.51. The maximum Gasteiger partial charge on any atom is 0.270 e. The van der Waals surface area contributed by atoms with Crippen molar-refractivity contribution in [2.24, 2.45) is 0 Å². The van der Waals surface area contributed by atoms with Crippen LogP contribution in [0.1, 0.15) is 23.2 Å². The Morgan fingerprint density at radius 1 is 0.971 bits per heavy atom. The summed E-state index contributed by atoms with van der Waals surface area (Å²) in [6.45, 7) is 8.11. The second kappa shape index (κ2) is 10.5. The van der Waals surface area contributed by atoms with E-state index in [-0.39, 0.29) is 11.6 Å². The second-order valence-corrected chi connectivity index (χ2v) is 9.26. The molecule has 3 aliphatic heterocycles. The molecule has 0 spiro atoms. The zero-order valence-electron chi connectivity index (χ0n) is 19.8. The number of anilines is 2. The summed E-state index contributed by atoms with van der Waals surface area (Å²) in [6.07, 6.45) is 2.74. The molecule has 1 aromatic heterocycles. The number of hydrogen-bond acceptors (Lipinski definition) is 9. The smallest absolute Gasteiger partial charge is 0.270 e. The third-order valence-electron chi connectivity index (χ3n) is 7.01. The van der Waals surface area contributed by atoms with Crippen LogP contribution in [0.25, 0.3) is 0 Å². The lowest BCUT2D eigenvalue weighted by molar-refractivity contribution is -0.384. The number of rotatable bonds is 6. The number of piperazine rings is 2. The molecular formula is C24H31N7O4. The van der Waals surface area contributed by atoms with Crippen LogP contribution in [-0.2, 0) is 4.74 Å². The van der Waals surface area contributed by atoms with E-state index in [1.54, 1.807) is 17.0 Å². The molecule has 5 rings (SSSR count). The summed E-state index contributed by atoms with van der Waals surface area (Å²) in [6, 6.07) is 9.92. The van der Waals surface area contributed by atoms with Gasteiger partial charge in [-0.2, -0.15) is 0 Å². The van der Waals surface area contributed by atoms with Crippen molar-refractivity contribution in [3.05, 3.63) is 52.1 Å². The minimum absolute atomic E-state index is 0.0749. The fourth-order valence-corrected chi connectivity index (χ4v) is 4.97. The summed E-state index contributed by atoms with van der Waals surface area (Å²) in [4.78, 5) is 31.9. The molecule has 4 heterocycles. The van der Waals surface area contributed by atoms with Gasteiger partial charge >= 0.3 is 0 Å². The van der Waals surface area contributed by atoms with Crippen molar-refractivity contribution < 1.29 is 14.5 Å². The molecule has 11 nitrogen and oxygen atoms in total. The van der Waals surface area contributed by atoms with Crippen molar-refractivity contribution in [2.75, 3.05) is 75.3 Å². The van der Waals surface area contributed by atoms with Crippen LogP contribution in [0.3, 0.4) is 0 Å². The molecule has 2 aromatic rings. The van der Waals surface area contributed by atoms with Crippen LogP contribution in [0.5, 0.6) is 0 Å². The van der Waals surface area contributed by atoms with E-state index in [0.29, 0.717) is 37.8 Å². The number of carbonyl (C=O) groups is 1. The first-order valence-corrected chi connectivity index (χ1v) is 12.3. The number of non-ortho nitro benzene ring substituents is 1. The zero-order chi connectivity index (χ0) is 24.2. The van der Waals surface area contributed by atoms with Gasteiger partial charge in [-0.1, -0.05) is 6.07 Å². The van der Waals surface area contributed by atoms with Crippen molar-refractivity contribution in [3.63, 3.8) is 0 Å². The highest BCUT2D eigenvalue weighted by Gasteiger charge is 2.26. The van der Waals surface area contributed by atoms with E-state index in [2.05, 4.69) is 24.9 Å². The van der Waals surface area contributed by atoms with Crippen molar-refractivity contribution in [1.29, 1.82) is 0 Å². The minimum atomic E-state index is -0.484. The first-order valence-electron chi connectivity index (χ1n) is 12.3. The molecule has 0 radical (unpaired) electrons. The monoisotopic (exact) mass is 481 g/mol. The van der Waals surface area contributed by atoms with Gasteiger partial charge in [0, 0.05) is 83.2 Å². The Hall–Kier alpha value is -3.31. The quantitative estimate of drug-likeness (QED) is 0.449. The number of aromatic nitrogens is 2. The average molecular weight is 482 g/mol. The van der Waals surface area contributed by atoms with Gasteiger partial charge in [-0.3, -0.25) is 19.8 Å². The second-order valence-electron chi connectivity index (χ2n) is 9.26. The van der Waals surface area contributed by atoms with Gasteiger partial charge in [0.1, 0.15) is 0 Å². The first kappa shape index (κ1) is 23.4. The highest BCUT2D eigenvalue weighted by molar-refractivity contribution is 5.95. The van der Waals surface area contributed by atoms with E-state index in [1.165, 1.54) is 25.0 Å². The summed E-state index contributed by atoms with van der Waals surface area (Å²) in [7, 11) is 0. The predicted octanol–water partition coefficient (Wildman–Crippen LogP) is 1.65. The Kier molecular flexibility index (Phi) is 7.05. The van der Waals surface area contributed by atoms with Crippen molar-refractivity contribution in [2.45, 2.75) is 18.9 Å². The van der Waals surface area contributed by atoms with Crippen molar-refractivity contribution in [3.8, 4) is 0 Å². The molecular weight excluding hydrogens is 450 g/mol. The van der Waals surface area contributed by atoms with Gasteiger partial charge in [0.05, 0.1) is 11.0 Å². The van der Waals surface area contributed by atoms with E-state index < -0.39 is 4.92 Å². The molecule has 0 N–H and O–H groups in total. The Labute approximate surface area is 204 Å². The summed E-state index contributed by atoms with van der Waals surface area (Å²) in [5, 5.41) is 19.9. The largest absolute Gasteiger partial charge is 0.377 e. The molecule has 3 saturated heterocycles.